The van der Waals surface area contributed by atoms with Crippen molar-refractivity contribution < 1.29 is 0 Å². The number of pyridine rings is 1. The van der Waals surface area contributed by atoms with Gasteiger partial charge in [0.2, 0.25) is 0 Å². The zero-order valence-electron chi connectivity index (χ0n) is 10.5. The van der Waals surface area contributed by atoms with Gasteiger partial charge >= 0.3 is 0 Å². The number of hydrogen-bond donors (Lipinski definition) is 0. The molecule has 0 aliphatic heterocycles. The summed E-state index contributed by atoms with van der Waals surface area (Å²) in [5, 5.41) is 0. The van der Waals surface area contributed by atoms with Gasteiger partial charge < -0.3 is 4.90 Å². The standard InChI is InChI=1S/C15H17BrN2/c1-18(11-8-13-6-9-17-10-7-13)12-14-2-4-15(16)5-3-14/h2-7,9-10H,8,11-12H2,1H3. The number of aromatic nitrogens is 1. The lowest BCUT2D eigenvalue weighted by molar-refractivity contribution is 0.331. The fourth-order valence-corrected chi connectivity index (χ4v) is 2.11. The highest BCUT2D eigenvalue weighted by atomic mass is 79.9. The second kappa shape index (κ2) is 6.66. The summed E-state index contributed by atoms with van der Waals surface area (Å²) < 4.78 is 1.13. The second-order valence-electron chi connectivity index (χ2n) is 4.47. The van der Waals surface area contributed by atoms with Gasteiger partial charge in [-0.1, -0.05) is 28.1 Å². The molecular weight excluding hydrogens is 288 g/mol. The molecule has 1 heterocycles. The van der Waals surface area contributed by atoms with Crippen LogP contribution in [0.15, 0.2) is 53.3 Å². The molecule has 2 aromatic rings. The fourth-order valence-electron chi connectivity index (χ4n) is 1.85. The minimum atomic E-state index is 0.984. The van der Waals surface area contributed by atoms with Gasteiger partial charge in [0, 0.05) is 30.0 Å². The second-order valence-corrected chi connectivity index (χ2v) is 5.39. The molecule has 0 bridgehead atoms. The first kappa shape index (κ1) is 13.2. The molecule has 3 heteroatoms. The van der Waals surface area contributed by atoms with Crippen LogP contribution < -0.4 is 0 Å². The number of hydrogen-bond acceptors (Lipinski definition) is 2. The number of benzene rings is 1. The number of likely N-dealkylation sites (N-methyl/N-ethyl adjacent to an activating group) is 1. The zero-order valence-corrected chi connectivity index (χ0v) is 12.1. The molecular formula is C15H17BrN2. The summed E-state index contributed by atoms with van der Waals surface area (Å²) in [6, 6.07) is 12.7. The van der Waals surface area contributed by atoms with Crippen molar-refractivity contribution in [2.24, 2.45) is 0 Å². The van der Waals surface area contributed by atoms with Crippen molar-refractivity contribution in [3.8, 4) is 0 Å². The van der Waals surface area contributed by atoms with Gasteiger partial charge in [0.15, 0.2) is 0 Å². The Morgan fingerprint density at radius 1 is 1.00 bits per heavy atom. The molecule has 0 atom stereocenters. The van der Waals surface area contributed by atoms with E-state index in [1.165, 1.54) is 11.1 Å². The summed E-state index contributed by atoms with van der Waals surface area (Å²) in [7, 11) is 2.16. The van der Waals surface area contributed by atoms with Crippen molar-refractivity contribution >= 4 is 15.9 Å². The average Bonchev–Trinajstić information content (AvgIpc) is 2.40. The highest BCUT2D eigenvalue weighted by molar-refractivity contribution is 9.10. The van der Waals surface area contributed by atoms with Crippen LogP contribution in [0.25, 0.3) is 0 Å². The van der Waals surface area contributed by atoms with Crippen molar-refractivity contribution in [1.29, 1.82) is 0 Å². The molecule has 1 aromatic heterocycles. The lowest BCUT2D eigenvalue weighted by Crippen LogP contribution is -2.20. The maximum absolute atomic E-state index is 4.03. The molecule has 0 unspecified atom stereocenters. The summed E-state index contributed by atoms with van der Waals surface area (Å²) in [5.74, 6) is 0. The van der Waals surface area contributed by atoms with Crippen LogP contribution in [0, 0.1) is 0 Å². The maximum atomic E-state index is 4.03. The van der Waals surface area contributed by atoms with E-state index in [2.05, 4.69) is 69.3 Å². The minimum Gasteiger partial charge on any atom is -0.302 e. The zero-order chi connectivity index (χ0) is 12.8. The largest absolute Gasteiger partial charge is 0.302 e. The van der Waals surface area contributed by atoms with E-state index >= 15 is 0 Å². The smallest absolute Gasteiger partial charge is 0.0270 e. The first-order valence-electron chi connectivity index (χ1n) is 6.06. The van der Waals surface area contributed by atoms with Crippen LogP contribution in [-0.2, 0) is 13.0 Å². The van der Waals surface area contributed by atoms with E-state index in [9.17, 15) is 0 Å². The lowest BCUT2D eigenvalue weighted by Gasteiger charge is -2.16. The highest BCUT2D eigenvalue weighted by Gasteiger charge is 2.01. The Morgan fingerprint density at radius 3 is 2.33 bits per heavy atom. The van der Waals surface area contributed by atoms with E-state index in [4.69, 9.17) is 0 Å². The van der Waals surface area contributed by atoms with Crippen LogP contribution in [0.5, 0.6) is 0 Å². The van der Waals surface area contributed by atoms with E-state index in [-0.39, 0.29) is 0 Å². The lowest BCUT2D eigenvalue weighted by atomic mass is 10.2. The first-order valence-corrected chi connectivity index (χ1v) is 6.85. The summed E-state index contributed by atoms with van der Waals surface area (Å²) in [6.07, 6.45) is 4.77. The molecule has 94 valence electrons. The Bertz CT molecular complexity index is 468. The SMILES string of the molecule is CN(CCc1ccncc1)Cc1ccc(Br)cc1. The molecule has 0 N–H and O–H groups in total. The van der Waals surface area contributed by atoms with E-state index in [0.29, 0.717) is 0 Å². The summed E-state index contributed by atoms with van der Waals surface area (Å²) in [6.45, 7) is 2.04. The quantitative estimate of drug-likeness (QED) is 0.840. The van der Waals surface area contributed by atoms with Gasteiger partial charge in [-0.05, 0) is 48.9 Å². The van der Waals surface area contributed by atoms with Gasteiger partial charge in [-0.25, -0.2) is 0 Å². The summed E-state index contributed by atoms with van der Waals surface area (Å²) in [4.78, 5) is 6.37. The van der Waals surface area contributed by atoms with Gasteiger partial charge in [-0.3, -0.25) is 4.98 Å². The predicted octanol–water partition coefficient (Wildman–Crippen LogP) is 3.52. The van der Waals surface area contributed by atoms with Crippen LogP contribution in [0.2, 0.25) is 0 Å². The molecule has 0 amide bonds. The van der Waals surface area contributed by atoms with Gasteiger partial charge in [-0.2, -0.15) is 0 Å². The number of nitrogens with zero attached hydrogens (tertiary/aromatic N) is 2. The molecule has 18 heavy (non-hydrogen) atoms. The predicted molar refractivity (Wildman–Crippen MR) is 78.4 cm³/mol. The molecule has 0 fully saturated rings. The molecule has 2 rings (SSSR count). The van der Waals surface area contributed by atoms with Crippen LogP contribution >= 0.6 is 15.9 Å². The molecule has 0 saturated carbocycles. The Kier molecular flexibility index (Phi) is 4.90. The van der Waals surface area contributed by atoms with Crippen LogP contribution in [0.1, 0.15) is 11.1 Å². The topological polar surface area (TPSA) is 16.1 Å². The van der Waals surface area contributed by atoms with Crippen molar-refractivity contribution in [1.82, 2.24) is 9.88 Å². The normalized spacial score (nSPS) is 10.8. The molecule has 2 nitrogen and oxygen atoms in total. The van der Waals surface area contributed by atoms with Crippen LogP contribution in [-0.4, -0.2) is 23.5 Å². The minimum absolute atomic E-state index is 0.984. The van der Waals surface area contributed by atoms with Crippen molar-refractivity contribution in [3.05, 3.63) is 64.4 Å². The molecule has 0 aliphatic rings. The van der Waals surface area contributed by atoms with Crippen molar-refractivity contribution in [2.75, 3.05) is 13.6 Å². The van der Waals surface area contributed by atoms with Gasteiger partial charge in [0.1, 0.15) is 0 Å². The van der Waals surface area contributed by atoms with E-state index in [1.54, 1.807) is 0 Å². The highest BCUT2D eigenvalue weighted by Crippen LogP contribution is 2.12. The molecule has 0 aliphatic carbocycles. The third kappa shape index (κ3) is 4.24. The Balaban J connectivity index is 1.82. The van der Waals surface area contributed by atoms with Gasteiger partial charge in [-0.15, -0.1) is 0 Å². The summed E-state index contributed by atoms with van der Waals surface area (Å²) >= 11 is 3.45. The van der Waals surface area contributed by atoms with Crippen LogP contribution in [0.3, 0.4) is 0 Å². The maximum Gasteiger partial charge on any atom is 0.0270 e. The third-order valence-corrected chi connectivity index (χ3v) is 3.43. The molecule has 0 spiro atoms. The average molecular weight is 305 g/mol. The molecule has 0 saturated heterocycles. The van der Waals surface area contributed by atoms with E-state index in [0.717, 1.165) is 24.0 Å². The van der Waals surface area contributed by atoms with Crippen molar-refractivity contribution in [3.63, 3.8) is 0 Å². The fraction of sp³-hybridized carbons (Fsp3) is 0.267. The number of rotatable bonds is 5. The Labute approximate surface area is 117 Å². The van der Waals surface area contributed by atoms with Crippen LogP contribution in [0.4, 0.5) is 0 Å². The van der Waals surface area contributed by atoms with E-state index < -0.39 is 0 Å². The monoisotopic (exact) mass is 304 g/mol. The van der Waals surface area contributed by atoms with E-state index in [1.807, 2.05) is 12.4 Å². The number of halogens is 1. The Morgan fingerprint density at radius 2 is 1.67 bits per heavy atom. The molecule has 0 radical (unpaired) electrons. The van der Waals surface area contributed by atoms with Gasteiger partial charge in [0.05, 0.1) is 0 Å². The third-order valence-electron chi connectivity index (χ3n) is 2.90. The molecule has 1 aromatic carbocycles. The first-order chi connectivity index (χ1) is 8.74. The van der Waals surface area contributed by atoms with Crippen molar-refractivity contribution in [2.45, 2.75) is 13.0 Å². The Hall–Kier alpha value is -1.19. The summed E-state index contributed by atoms with van der Waals surface area (Å²) in [5.41, 5.74) is 2.68. The van der Waals surface area contributed by atoms with Gasteiger partial charge in [0.25, 0.3) is 0 Å².